The Hall–Kier alpha value is -1.21. The normalized spacial score (nSPS) is 17.2. The SMILES string of the molecule is NC1CCN(CC(=O)Nc2c(Cl)ccc3scnc23)CC1. The summed E-state index contributed by atoms with van der Waals surface area (Å²) in [4.78, 5) is 18.6. The van der Waals surface area contributed by atoms with E-state index in [1.807, 2.05) is 6.07 Å². The van der Waals surface area contributed by atoms with E-state index in [0.717, 1.165) is 36.1 Å². The first-order valence-corrected chi connectivity index (χ1v) is 8.19. The van der Waals surface area contributed by atoms with Crippen molar-refractivity contribution in [1.82, 2.24) is 9.88 Å². The van der Waals surface area contributed by atoms with E-state index in [4.69, 9.17) is 17.3 Å². The van der Waals surface area contributed by atoms with E-state index < -0.39 is 0 Å². The molecule has 1 aromatic carbocycles. The fourth-order valence-electron chi connectivity index (χ4n) is 2.52. The standard InChI is InChI=1S/C14H17ClN4OS/c15-10-1-2-11-14(17-8-21-11)13(10)18-12(20)7-19-5-3-9(16)4-6-19/h1-2,8-9H,3-7,16H2,(H,18,20). The van der Waals surface area contributed by atoms with Gasteiger partial charge in [0.25, 0.3) is 0 Å². The molecular weight excluding hydrogens is 308 g/mol. The minimum atomic E-state index is -0.0622. The number of thiazole rings is 1. The number of nitrogens with one attached hydrogen (secondary N) is 1. The number of nitrogens with two attached hydrogens (primary N) is 1. The van der Waals surface area contributed by atoms with Gasteiger partial charge in [0.05, 0.1) is 27.5 Å². The molecule has 5 nitrogen and oxygen atoms in total. The maximum absolute atomic E-state index is 12.2. The molecule has 0 saturated carbocycles. The molecule has 0 radical (unpaired) electrons. The zero-order valence-corrected chi connectivity index (χ0v) is 13.1. The van der Waals surface area contributed by atoms with Crippen LogP contribution in [0.4, 0.5) is 5.69 Å². The van der Waals surface area contributed by atoms with E-state index in [1.165, 1.54) is 11.3 Å². The van der Waals surface area contributed by atoms with Crippen LogP contribution in [0.3, 0.4) is 0 Å². The molecule has 1 aromatic heterocycles. The van der Waals surface area contributed by atoms with Crippen molar-refractivity contribution < 1.29 is 4.79 Å². The van der Waals surface area contributed by atoms with Gasteiger partial charge in [-0.3, -0.25) is 9.69 Å². The van der Waals surface area contributed by atoms with Gasteiger partial charge in [0, 0.05) is 19.1 Å². The zero-order chi connectivity index (χ0) is 14.8. The molecule has 2 heterocycles. The number of piperidine rings is 1. The van der Waals surface area contributed by atoms with Crippen molar-refractivity contribution in [3.8, 4) is 0 Å². The van der Waals surface area contributed by atoms with Crippen molar-refractivity contribution in [3.05, 3.63) is 22.7 Å². The van der Waals surface area contributed by atoms with Gasteiger partial charge in [-0.2, -0.15) is 0 Å². The van der Waals surface area contributed by atoms with Crippen molar-refractivity contribution in [2.45, 2.75) is 18.9 Å². The molecule has 0 bridgehead atoms. The smallest absolute Gasteiger partial charge is 0.238 e. The molecule has 112 valence electrons. The third-order valence-electron chi connectivity index (χ3n) is 3.72. The zero-order valence-electron chi connectivity index (χ0n) is 11.5. The predicted molar refractivity (Wildman–Crippen MR) is 86.9 cm³/mol. The summed E-state index contributed by atoms with van der Waals surface area (Å²) in [5.74, 6) is -0.0622. The number of likely N-dealkylation sites (tertiary alicyclic amines) is 1. The third kappa shape index (κ3) is 3.35. The van der Waals surface area contributed by atoms with Gasteiger partial charge in [-0.05, 0) is 25.0 Å². The summed E-state index contributed by atoms with van der Waals surface area (Å²) in [6, 6.07) is 3.97. The molecule has 3 rings (SSSR count). The highest BCUT2D eigenvalue weighted by atomic mass is 35.5. The second kappa shape index (κ2) is 6.27. The minimum absolute atomic E-state index is 0.0622. The van der Waals surface area contributed by atoms with E-state index in [-0.39, 0.29) is 11.9 Å². The summed E-state index contributed by atoms with van der Waals surface area (Å²) in [7, 11) is 0. The van der Waals surface area contributed by atoms with Crippen LogP contribution in [0.1, 0.15) is 12.8 Å². The van der Waals surface area contributed by atoms with Gasteiger partial charge >= 0.3 is 0 Å². The highest BCUT2D eigenvalue weighted by Crippen LogP contribution is 2.32. The lowest BCUT2D eigenvalue weighted by molar-refractivity contribution is -0.117. The second-order valence-corrected chi connectivity index (χ2v) is 6.58. The monoisotopic (exact) mass is 324 g/mol. The van der Waals surface area contributed by atoms with Gasteiger partial charge in [-0.25, -0.2) is 4.98 Å². The summed E-state index contributed by atoms with van der Waals surface area (Å²) in [5, 5.41) is 3.41. The largest absolute Gasteiger partial charge is 0.328 e. The van der Waals surface area contributed by atoms with Crippen molar-refractivity contribution >= 4 is 44.7 Å². The Kier molecular flexibility index (Phi) is 4.40. The molecule has 3 N–H and O–H groups in total. The van der Waals surface area contributed by atoms with Crippen LogP contribution in [-0.2, 0) is 4.79 Å². The fraction of sp³-hybridized carbons (Fsp3) is 0.429. The topological polar surface area (TPSA) is 71.2 Å². The number of hydrogen-bond acceptors (Lipinski definition) is 5. The maximum atomic E-state index is 12.2. The first-order chi connectivity index (χ1) is 10.1. The van der Waals surface area contributed by atoms with Crippen LogP contribution >= 0.6 is 22.9 Å². The molecule has 0 atom stereocenters. The van der Waals surface area contributed by atoms with Crippen LogP contribution < -0.4 is 11.1 Å². The van der Waals surface area contributed by atoms with E-state index in [1.54, 1.807) is 11.6 Å². The van der Waals surface area contributed by atoms with Crippen molar-refractivity contribution in [2.75, 3.05) is 25.0 Å². The van der Waals surface area contributed by atoms with Crippen LogP contribution in [0.5, 0.6) is 0 Å². The summed E-state index contributed by atoms with van der Waals surface area (Å²) in [6.45, 7) is 2.09. The van der Waals surface area contributed by atoms with Gasteiger partial charge < -0.3 is 11.1 Å². The molecule has 1 amide bonds. The maximum Gasteiger partial charge on any atom is 0.238 e. The first-order valence-electron chi connectivity index (χ1n) is 6.93. The first kappa shape index (κ1) is 14.7. The van der Waals surface area contributed by atoms with Gasteiger partial charge in [-0.1, -0.05) is 11.6 Å². The lowest BCUT2D eigenvalue weighted by Gasteiger charge is -2.29. The Bertz CT molecular complexity index is 651. The molecule has 2 aromatic rings. The van der Waals surface area contributed by atoms with Gasteiger partial charge in [0.1, 0.15) is 5.52 Å². The molecular formula is C14H17ClN4OS. The number of nitrogens with zero attached hydrogens (tertiary/aromatic N) is 2. The number of carbonyl (C=O) groups excluding carboxylic acids is 1. The molecule has 1 saturated heterocycles. The number of aromatic nitrogens is 1. The molecule has 0 unspecified atom stereocenters. The number of hydrogen-bond donors (Lipinski definition) is 2. The molecule has 1 aliphatic rings. The van der Waals surface area contributed by atoms with Crippen LogP contribution in [0.2, 0.25) is 5.02 Å². The average Bonchev–Trinajstić information content (AvgIpc) is 2.93. The van der Waals surface area contributed by atoms with Gasteiger partial charge in [-0.15, -0.1) is 11.3 Å². The Morgan fingerprint density at radius 1 is 1.48 bits per heavy atom. The number of amides is 1. The molecule has 1 fully saturated rings. The van der Waals surface area contributed by atoms with Gasteiger partial charge in [0.15, 0.2) is 0 Å². The van der Waals surface area contributed by atoms with Crippen LogP contribution in [-0.4, -0.2) is 41.5 Å². The number of rotatable bonds is 3. The number of benzene rings is 1. The Balaban J connectivity index is 1.69. The third-order valence-corrected chi connectivity index (χ3v) is 4.82. The minimum Gasteiger partial charge on any atom is -0.328 e. The Morgan fingerprint density at radius 3 is 3.00 bits per heavy atom. The lowest BCUT2D eigenvalue weighted by Crippen LogP contribution is -2.43. The predicted octanol–water partition coefficient (Wildman–Crippen LogP) is 2.31. The number of anilines is 1. The summed E-state index contributed by atoms with van der Waals surface area (Å²) in [6.07, 6.45) is 1.88. The van der Waals surface area contributed by atoms with E-state index >= 15 is 0 Å². The van der Waals surface area contributed by atoms with Crippen molar-refractivity contribution in [2.24, 2.45) is 5.73 Å². The molecule has 21 heavy (non-hydrogen) atoms. The van der Waals surface area contributed by atoms with Crippen LogP contribution in [0, 0.1) is 0 Å². The number of halogens is 1. The van der Waals surface area contributed by atoms with Crippen LogP contribution in [0.15, 0.2) is 17.6 Å². The van der Waals surface area contributed by atoms with E-state index in [2.05, 4.69) is 15.2 Å². The highest BCUT2D eigenvalue weighted by molar-refractivity contribution is 7.16. The summed E-state index contributed by atoms with van der Waals surface area (Å²) in [5.41, 5.74) is 8.98. The van der Waals surface area contributed by atoms with Crippen LogP contribution in [0.25, 0.3) is 10.2 Å². The Morgan fingerprint density at radius 2 is 2.24 bits per heavy atom. The molecule has 0 aliphatic carbocycles. The Labute approximate surface area is 132 Å². The van der Waals surface area contributed by atoms with Crippen molar-refractivity contribution in [3.63, 3.8) is 0 Å². The van der Waals surface area contributed by atoms with Gasteiger partial charge in [0.2, 0.25) is 5.91 Å². The number of fused-ring (bicyclic) bond motifs is 1. The van der Waals surface area contributed by atoms with Crippen molar-refractivity contribution in [1.29, 1.82) is 0 Å². The summed E-state index contributed by atoms with van der Waals surface area (Å²) >= 11 is 7.71. The molecule has 0 spiro atoms. The number of carbonyl (C=O) groups is 1. The summed E-state index contributed by atoms with van der Waals surface area (Å²) < 4.78 is 1.01. The van der Waals surface area contributed by atoms with E-state index in [0.29, 0.717) is 17.3 Å². The molecule has 1 aliphatic heterocycles. The average molecular weight is 325 g/mol. The fourth-order valence-corrected chi connectivity index (χ4v) is 3.40. The highest BCUT2D eigenvalue weighted by Gasteiger charge is 2.19. The second-order valence-electron chi connectivity index (χ2n) is 5.28. The lowest BCUT2D eigenvalue weighted by atomic mass is 10.1. The molecule has 7 heteroatoms. The van der Waals surface area contributed by atoms with E-state index in [9.17, 15) is 4.79 Å². The quantitative estimate of drug-likeness (QED) is 0.909.